The first kappa shape index (κ1) is 15.3. The number of rotatable bonds is 5. The number of hydrogen-bond donors (Lipinski definition) is 1. The van der Waals surface area contributed by atoms with Crippen LogP contribution in [0.1, 0.15) is 23.9 Å². The van der Waals surface area contributed by atoms with Gasteiger partial charge in [0.2, 0.25) is 0 Å². The number of ether oxygens (including phenoxy) is 1. The van der Waals surface area contributed by atoms with Gasteiger partial charge in [-0.05, 0) is 51.5 Å². The van der Waals surface area contributed by atoms with E-state index >= 15 is 0 Å². The van der Waals surface area contributed by atoms with Crippen LogP contribution in [0.25, 0.3) is 10.9 Å². The fourth-order valence-electron chi connectivity index (χ4n) is 2.79. The van der Waals surface area contributed by atoms with Crippen LogP contribution in [0.5, 0.6) is 5.75 Å². The lowest BCUT2D eigenvalue weighted by atomic mass is 10.0. The lowest BCUT2D eigenvalue weighted by molar-refractivity contribution is 0.392. The summed E-state index contributed by atoms with van der Waals surface area (Å²) in [5.41, 5.74) is 4.12. The second-order valence-electron chi connectivity index (χ2n) is 5.79. The van der Waals surface area contributed by atoms with Gasteiger partial charge in [-0.1, -0.05) is 5.16 Å². The Kier molecular flexibility index (Phi) is 4.19. The van der Waals surface area contributed by atoms with E-state index in [0.717, 1.165) is 40.2 Å². The van der Waals surface area contributed by atoms with E-state index in [1.807, 2.05) is 44.3 Å². The van der Waals surface area contributed by atoms with Gasteiger partial charge in [-0.15, -0.1) is 0 Å². The molecule has 2 heterocycles. The highest BCUT2D eigenvalue weighted by Gasteiger charge is 2.14. The Morgan fingerprint density at radius 2 is 2.09 bits per heavy atom. The second-order valence-corrected chi connectivity index (χ2v) is 5.79. The molecular formula is C18H21N3O2. The van der Waals surface area contributed by atoms with Crippen LogP contribution in [-0.4, -0.2) is 23.3 Å². The van der Waals surface area contributed by atoms with E-state index in [4.69, 9.17) is 9.26 Å². The number of methoxy groups -OCH3 is 1. The van der Waals surface area contributed by atoms with E-state index in [1.54, 1.807) is 7.11 Å². The zero-order chi connectivity index (χ0) is 16.4. The average molecular weight is 311 g/mol. The predicted octanol–water partition coefficient (Wildman–Crippen LogP) is 3.89. The predicted molar refractivity (Wildman–Crippen MR) is 91.1 cm³/mol. The number of fused-ring (bicyclic) bond motifs is 1. The monoisotopic (exact) mass is 311 g/mol. The molecular weight excluding hydrogens is 290 g/mol. The summed E-state index contributed by atoms with van der Waals surface area (Å²) >= 11 is 0. The van der Waals surface area contributed by atoms with Gasteiger partial charge in [-0.3, -0.25) is 4.98 Å². The molecule has 5 nitrogen and oxygen atoms in total. The first-order chi connectivity index (χ1) is 11.1. The number of anilines is 1. The Balaban J connectivity index is 1.86. The van der Waals surface area contributed by atoms with Crippen molar-refractivity contribution in [3.05, 3.63) is 47.5 Å². The molecule has 3 aromatic rings. The van der Waals surface area contributed by atoms with Crippen LogP contribution in [0, 0.1) is 13.8 Å². The van der Waals surface area contributed by atoms with Crippen molar-refractivity contribution in [2.75, 3.05) is 12.4 Å². The molecule has 0 radical (unpaired) electrons. The van der Waals surface area contributed by atoms with Crippen LogP contribution in [-0.2, 0) is 6.42 Å². The summed E-state index contributed by atoms with van der Waals surface area (Å²) in [5, 5.41) is 8.64. The molecule has 1 atom stereocenters. The van der Waals surface area contributed by atoms with Crippen molar-refractivity contribution in [3.8, 4) is 5.75 Å². The molecule has 5 heteroatoms. The van der Waals surface area contributed by atoms with Crippen molar-refractivity contribution in [2.45, 2.75) is 33.2 Å². The zero-order valence-electron chi connectivity index (χ0n) is 13.9. The van der Waals surface area contributed by atoms with Crippen molar-refractivity contribution >= 4 is 16.6 Å². The van der Waals surface area contributed by atoms with E-state index in [9.17, 15) is 0 Å². The van der Waals surface area contributed by atoms with E-state index in [0.29, 0.717) is 0 Å². The van der Waals surface area contributed by atoms with Gasteiger partial charge in [0.05, 0.1) is 18.3 Å². The van der Waals surface area contributed by atoms with Gasteiger partial charge in [0.1, 0.15) is 11.5 Å². The minimum atomic E-state index is 0.239. The third-order valence-electron chi connectivity index (χ3n) is 4.04. The fraction of sp³-hybridized carbons (Fsp3) is 0.333. The van der Waals surface area contributed by atoms with E-state index in [1.165, 1.54) is 5.56 Å². The van der Waals surface area contributed by atoms with Crippen LogP contribution < -0.4 is 10.1 Å². The second kappa shape index (κ2) is 6.28. The molecule has 0 amide bonds. The quantitative estimate of drug-likeness (QED) is 0.774. The van der Waals surface area contributed by atoms with Gasteiger partial charge >= 0.3 is 0 Å². The van der Waals surface area contributed by atoms with Crippen molar-refractivity contribution in [3.63, 3.8) is 0 Å². The van der Waals surface area contributed by atoms with Crippen LogP contribution in [0.2, 0.25) is 0 Å². The summed E-state index contributed by atoms with van der Waals surface area (Å²) in [7, 11) is 1.67. The third kappa shape index (κ3) is 3.13. The highest BCUT2D eigenvalue weighted by molar-refractivity contribution is 5.92. The summed E-state index contributed by atoms with van der Waals surface area (Å²) < 4.78 is 10.6. The molecule has 0 saturated carbocycles. The molecule has 2 aromatic heterocycles. The lowest BCUT2D eigenvalue weighted by Gasteiger charge is -2.17. The number of nitrogens with one attached hydrogen (secondary N) is 1. The number of hydrogen-bond acceptors (Lipinski definition) is 5. The van der Waals surface area contributed by atoms with Gasteiger partial charge < -0.3 is 14.6 Å². The maximum Gasteiger partial charge on any atom is 0.137 e. The molecule has 0 aliphatic rings. The molecule has 120 valence electrons. The number of pyridine rings is 1. The Labute approximate surface area is 135 Å². The molecule has 23 heavy (non-hydrogen) atoms. The summed E-state index contributed by atoms with van der Waals surface area (Å²) in [6, 6.07) is 8.13. The average Bonchev–Trinajstić information content (AvgIpc) is 2.86. The zero-order valence-corrected chi connectivity index (χ0v) is 13.9. The maximum absolute atomic E-state index is 5.32. The summed E-state index contributed by atoms with van der Waals surface area (Å²) in [4.78, 5) is 4.41. The normalized spacial score (nSPS) is 12.3. The molecule has 0 saturated heterocycles. The van der Waals surface area contributed by atoms with Crippen LogP contribution in [0.3, 0.4) is 0 Å². The topological polar surface area (TPSA) is 60.2 Å². The van der Waals surface area contributed by atoms with Gasteiger partial charge in [-0.2, -0.15) is 0 Å². The van der Waals surface area contributed by atoms with Crippen molar-refractivity contribution in [1.82, 2.24) is 10.1 Å². The molecule has 0 fully saturated rings. The van der Waals surface area contributed by atoms with Gasteiger partial charge in [0, 0.05) is 28.9 Å². The molecule has 1 unspecified atom stereocenters. The van der Waals surface area contributed by atoms with Crippen LogP contribution in [0.4, 0.5) is 5.69 Å². The maximum atomic E-state index is 5.32. The van der Waals surface area contributed by atoms with Gasteiger partial charge in [-0.25, -0.2) is 0 Å². The first-order valence-corrected chi connectivity index (χ1v) is 7.69. The minimum Gasteiger partial charge on any atom is -0.497 e. The molecule has 3 rings (SSSR count). The van der Waals surface area contributed by atoms with E-state index < -0.39 is 0 Å². The molecule has 1 aromatic carbocycles. The van der Waals surface area contributed by atoms with Gasteiger partial charge in [0.15, 0.2) is 0 Å². The SMILES string of the molecule is COc1ccc2nccc(NC(C)Cc3c(C)noc3C)c2c1. The highest BCUT2D eigenvalue weighted by atomic mass is 16.5. The van der Waals surface area contributed by atoms with Gasteiger partial charge in [0.25, 0.3) is 0 Å². The first-order valence-electron chi connectivity index (χ1n) is 7.69. The van der Waals surface area contributed by atoms with Crippen molar-refractivity contribution in [1.29, 1.82) is 0 Å². The number of aromatic nitrogens is 2. The van der Waals surface area contributed by atoms with E-state index in [-0.39, 0.29) is 6.04 Å². The number of benzene rings is 1. The van der Waals surface area contributed by atoms with Crippen LogP contribution >= 0.6 is 0 Å². The fourth-order valence-corrected chi connectivity index (χ4v) is 2.79. The number of aryl methyl sites for hydroxylation is 2. The summed E-state index contributed by atoms with van der Waals surface area (Å²) in [5.74, 6) is 1.71. The Bertz CT molecular complexity index is 807. The number of nitrogens with zero attached hydrogens (tertiary/aromatic N) is 2. The highest BCUT2D eigenvalue weighted by Crippen LogP contribution is 2.27. The van der Waals surface area contributed by atoms with Crippen molar-refractivity contribution < 1.29 is 9.26 Å². The van der Waals surface area contributed by atoms with Crippen LogP contribution in [0.15, 0.2) is 35.0 Å². The molecule has 0 aliphatic carbocycles. The minimum absolute atomic E-state index is 0.239. The molecule has 1 N–H and O–H groups in total. The molecule has 0 aliphatic heterocycles. The Morgan fingerprint density at radius 3 is 2.78 bits per heavy atom. The smallest absolute Gasteiger partial charge is 0.137 e. The third-order valence-corrected chi connectivity index (χ3v) is 4.04. The Hall–Kier alpha value is -2.56. The largest absolute Gasteiger partial charge is 0.497 e. The van der Waals surface area contributed by atoms with Crippen molar-refractivity contribution in [2.24, 2.45) is 0 Å². The summed E-state index contributed by atoms with van der Waals surface area (Å²) in [6.07, 6.45) is 2.68. The van der Waals surface area contributed by atoms with E-state index in [2.05, 4.69) is 22.4 Å². The molecule has 0 spiro atoms. The molecule has 0 bridgehead atoms. The standard InChI is InChI=1S/C18H21N3O2/c1-11(9-15-12(2)21-23-13(15)3)20-18-7-8-19-17-6-5-14(22-4)10-16(17)18/h5-8,10-11H,9H2,1-4H3,(H,19,20). The summed E-state index contributed by atoms with van der Waals surface area (Å²) in [6.45, 7) is 6.08. The Morgan fingerprint density at radius 1 is 1.26 bits per heavy atom. The lowest BCUT2D eigenvalue weighted by Crippen LogP contribution is -2.19.